The molecule has 0 amide bonds. The molecule has 26 heavy (non-hydrogen) atoms. The summed E-state index contributed by atoms with van der Waals surface area (Å²) in [7, 11) is 0. The Labute approximate surface area is 152 Å². The number of hydrogen-bond acceptors (Lipinski definition) is 5. The first-order chi connectivity index (χ1) is 12.6. The van der Waals surface area contributed by atoms with Crippen molar-refractivity contribution in [1.82, 2.24) is 0 Å². The monoisotopic (exact) mass is 356 g/mol. The fourth-order valence-electron chi connectivity index (χ4n) is 3.85. The van der Waals surface area contributed by atoms with Crippen LogP contribution in [0.3, 0.4) is 0 Å². The first kappa shape index (κ1) is 17.6. The summed E-state index contributed by atoms with van der Waals surface area (Å²) in [5, 5.41) is 39.6. The topological polar surface area (TPSA) is 90.2 Å². The summed E-state index contributed by atoms with van der Waals surface area (Å²) in [5.74, 6) is 0. The minimum atomic E-state index is -1.36. The van der Waals surface area contributed by atoms with Crippen LogP contribution in [0.4, 0.5) is 0 Å². The molecule has 0 radical (unpaired) electrons. The Kier molecular flexibility index (Phi) is 4.82. The van der Waals surface area contributed by atoms with E-state index in [1.807, 2.05) is 24.3 Å². The number of aliphatic hydroxyl groups is 4. The Bertz CT molecular complexity index is 788. The van der Waals surface area contributed by atoms with Crippen molar-refractivity contribution in [3.05, 3.63) is 70.3 Å². The highest BCUT2D eigenvalue weighted by atomic mass is 16.5. The summed E-state index contributed by atoms with van der Waals surface area (Å²) in [6, 6.07) is 14.3. The number of hydrogen-bond donors (Lipinski definition) is 4. The van der Waals surface area contributed by atoms with E-state index in [4.69, 9.17) is 4.74 Å². The zero-order valence-corrected chi connectivity index (χ0v) is 14.5. The molecule has 4 N–H and O–H groups in total. The van der Waals surface area contributed by atoms with Crippen molar-refractivity contribution >= 4 is 0 Å². The van der Waals surface area contributed by atoms with E-state index in [1.165, 1.54) is 23.1 Å². The van der Waals surface area contributed by atoms with Crippen LogP contribution in [0.25, 0.3) is 0 Å². The van der Waals surface area contributed by atoms with Crippen LogP contribution in [-0.2, 0) is 24.0 Å². The number of aliphatic hydroxyl groups excluding tert-OH is 4. The average molecular weight is 356 g/mol. The zero-order valence-electron chi connectivity index (χ0n) is 14.5. The fraction of sp³-hybridized carbons (Fsp3) is 0.429. The van der Waals surface area contributed by atoms with Crippen molar-refractivity contribution in [2.75, 3.05) is 6.61 Å². The van der Waals surface area contributed by atoms with Crippen LogP contribution in [0.15, 0.2) is 42.5 Å². The fourth-order valence-corrected chi connectivity index (χ4v) is 3.85. The first-order valence-electron chi connectivity index (χ1n) is 9.07. The van der Waals surface area contributed by atoms with Crippen molar-refractivity contribution in [2.45, 2.75) is 49.8 Å². The third-order valence-corrected chi connectivity index (χ3v) is 5.51. The molecular formula is C21H24O5. The predicted molar refractivity (Wildman–Crippen MR) is 95.8 cm³/mol. The van der Waals surface area contributed by atoms with Crippen molar-refractivity contribution in [3.8, 4) is 0 Å². The van der Waals surface area contributed by atoms with E-state index in [9.17, 15) is 20.4 Å². The molecule has 5 heteroatoms. The standard InChI is InChI=1S/C21H24O5/c22-11-17-18(23)19(24)20(25)21(26-17)16-3-1-2-12(10-16)8-13-4-5-14-6-7-15(14)9-13/h1-5,9-10,17-25H,6-8,11H2/t17-,18-,19+,20-,21+/m1/s1. The molecular weight excluding hydrogens is 332 g/mol. The van der Waals surface area contributed by atoms with Gasteiger partial charge in [-0.2, -0.15) is 0 Å². The lowest BCUT2D eigenvalue weighted by atomic mass is 9.86. The lowest BCUT2D eigenvalue weighted by molar-refractivity contribution is -0.231. The molecule has 0 saturated carbocycles. The number of aryl methyl sites for hydroxylation is 2. The van der Waals surface area contributed by atoms with E-state index in [1.54, 1.807) is 0 Å². The summed E-state index contributed by atoms with van der Waals surface area (Å²) in [4.78, 5) is 0. The van der Waals surface area contributed by atoms with Crippen LogP contribution in [0.1, 0.15) is 33.9 Å². The molecule has 138 valence electrons. The highest BCUT2D eigenvalue weighted by molar-refractivity contribution is 5.41. The Balaban J connectivity index is 1.55. The molecule has 4 rings (SSSR count). The molecule has 2 aliphatic rings. The van der Waals surface area contributed by atoms with Gasteiger partial charge in [-0.05, 0) is 47.1 Å². The molecule has 1 aliphatic heterocycles. The summed E-state index contributed by atoms with van der Waals surface area (Å²) in [6.07, 6.45) is -2.54. The zero-order chi connectivity index (χ0) is 18.3. The second-order valence-corrected chi connectivity index (χ2v) is 7.27. The van der Waals surface area contributed by atoms with Crippen molar-refractivity contribution in [3.63, 3.8) is 0 Å². The van der Waals surface area contributed by atoms with Gasteiger partial charge in [0.25, 0.3) is 0 Å². The normalized spacial score (nSPS) is 30.5. The Hall–Kier alpha value is -1.76. The van der Waals surface area contributed by atoms with Crippen LogP contribution >= 0.6 is 0 Å². The van der Waals surface area contributed by atoms with Gasteiger partial charge >= 0.3 is 0 Å². The molecule has 0 spiro atoms. The number of fused-ring (bicyclic) bond motifs is 1. The molecule has 2 aromatic carbocycles. The molecule has 5 nitrogen and oxygen atoms in total. The lowest BCUT2D eigenvalue weighted by Crippen LogP contribution is -2.55. The van der Waals surface area contributed by atoms with Gasteiger partial charge in [0.05, 0.1) is 6.61 Å². The van der Waals surface area contributed by atoms with Crippen molar-refractivity contribution < 1.29 is 25.2 Å². The van der Waals surface area contributed by atoms with Gasteiger partial charge in [-0.1, -0.05) is 42.5 Å². The maximum absolute atomic E-state index is 10.3. The van der Waals surface area contributed by atoms with E-state index < -0.39 is 37.1 Å². The number of benzene rings is 2. The average Bonchev–Trinajstić information content (AvgIpc) is 2.63. The van der Waals surface area contributed by atoms with Crippen LogP contribution < -0.4 is 0 Å². The largest absolute Gasteiger partial charge is 0.394 e. The summed E-state index contributed by atoms with van der Waals surface area (Å²) in [5.41, 5.74) is 5.91. The smallest absolute Gasteiger partial charge is 0.113 e. The second-order valence-electron chi connectivity index (χ2n) is 7.27. The van der Waals surface area contributed by atoms with Gasteiger partial charge < -0.3 is 25.2 Å². The molecule has 2 aromatic rings. The van der Waals surface area contributed by atoms with E-state index >= 15 is 0 Å². The van der Waals surface area contributed by atoms with Gasteiger partial charge in [0.1, 0.15) is 30.5 Å². The van der Waals surface area contributed by atoms with Crippen LogP contribution in [0.5, 0.6) is 0 Å². The lowest BCUT2D eigenvalue weighted by Gasteiger charge is -2.40. The number of rotatable bonds is 4. The maximum atomic E-state index is 10.3. The summed E-state index contributed by atoms with van der Waals surface area (Å²) in [6.45, 7) is -0.420. The van der Waals surface area contributed by atoms with Gasteiger partial charge in [0, 0.05) is 0 Å². The molecule has 1 heterocycles. The predicted octanol–water partition coefficient (Wildman–Crippen LogP) is 0.891. The molecule has 5 atom stereocenters. The highest BCUT2D eigenvalue weighted by Crippen LogP contribution is 2.33. The van der Waals surface area contributed by atoms with Crippen LogP contribution in [-0.4, -0.2) is 51.4 Å². The Morgan fingerprint density at radius 2 is 1.62 bits per heavy atom. The van der Waals surface area contributed by atoms with Gasteiger partial charge in [-0.3, -0.25) is 0 Å². The van der Waals surface area contributed by atoms with Gasteiger partial charge in [-0.25, -0.2) is 0 Å². The van der Waals surface area contributed by atoms with E-state index in [-0.39, 0.29) is 0 Å². The van der Waals surface area contributed by atoms with Gasteiger partial charge in [0.2, 0.25) is 0 Å². The van der Waals surface area contributed by atoms with E-state index in [0.29, 0.717) is 0 Å². The molecule has 1 fully saturated rings. The third-order valence-electron chi connectivity index (χ3n) is 5.51. The maximum Gasteiger partial charge on any atom is 0.113 e. The van der Waals surface area contributed by atoms with E-state index in [2.05, 4.69) is 18.2 Å². The number of ether oxygens (including phenoxy) is 1. The SMILES string of the molecule is OC[C@H]1O[C@@H](c2cccc(Cc3ccc4c(c3)CC4)c2)[C@H](O)[C@@H](O)[C@@H]1O. The van der Waals surface area contributed by atoms with Gasteiger partial charge in [0.15, 0.2) is 0 Å². The molecule has 1 aliphatic carbocycles. The Morgan fingerprint density at radius 3 is 2.31 bits per heavy atom. The molecule has 1 saturated heterocycles. The Morgan fingerprint density at radius 1 is 0.846 bits per heavy atom. The highest BCUT2D eigenvalue weighted by Gasteiger charge is 2.43. The second kappa shape index (κ2) is 7.10. The van der Waals surface area contributed by atoms with Crippen LogP contribution in [0, 0.1) is 0 Å². The molecule has 0 unspecified atom stereocenters. The minimum absolute atomic E-state index is 0.420. The van der Waals surface area contributed by atoms with Crippen molar-refractivity contribution in [1.29, 1.82) is 0 Å². The van der Waals surface area contributed by atoms with Crippen molar-refractivity contribution in [2.24, 2.45) is 0 Å². The molecule has 0 bridgehead atoms. The van der Waals surface area contributed by atoms with E-state index in [0.717, 1.165) is 24.0 Å². The molecule has 0 aromatic heterocycles. The quantitative estimate of drug-likeness (QED) is 0.653. The summed E-state index contributed by atoms with van der Waals surface area (Å²) >= 11 is 0. The van der Waals surface area contributed by atoms with Gasteiger partial charge in [-0.15, -0.1) is 0 Å². The third kappa shape index (κ3) is 3.17. The van der Waals surface area contributed by atoms with Crippen LogP contribution in [0.2, 0.25) is 0 Å². The minimum Gasteiger partial charge on any atom is -0.394 e. The summed E-state index contributed by atoms with van der Waals surface area (Å²) < 4.78 is 5.66. The first-order valence-corrected chi connectivity index (χ1v) is 9.07.